The lowest BCUT2D eigenvalue weighted by Crippen LogP contribution is -2.40. The number of hydrogen-bond acceptors (Lipinski definition) is 4. The summed E-state index contributed by atoms with van der Waals surface area (Å²) in [5.41, 5.74) is 8.25. The first-order chi connectivity index (χ1) is 19.2. The molecular weight excluding hydrogens is 480 g/mol. The third-order valence-electron chi connectivity index (χ3n) is 8.10. The van der Waals surface area contributed by atoms with Crippen molar-refractivity contribution >= 4 is 17.9 Å². The molecule has 39 heavy (non-hydrogen) atoms. The summed E-state index contributed by atoms with van der Waals surface area (Å²) < 4.78 is 5.59. The number of nitrogens with one attached hydrogen (secondary N) is 1. The van der Waals surface area contributed by atoms with Gasteiger partial charge in [-0.3, -0.25) is 4.79 Å². The molecule has 0 radical (unpaired) electrons. The third kappa shape index (κ3) is 4.00. The van der Waals surface area contributed by atoms with Gasteiger partial charge in [0.15, 0.2) is 5.78 Å². The summed E-state index contributed by atoms with van der Waals surface area (Å²) in [6, 6.07) is 22.9. The third-order valence-corrected chi connectivity index (χ3v) is 8.10. The van der Waals surface area contributed by atoms with Gasteiger partial charge in [0.05, 0.1) is 5.56 Å². The second kappa shape index (κ2) is 9.55. The zero-order valence-electron chi connectivity index (χ0n) is 21.7. The standard InChI is InChI=1S/C35H28N2O2/c1-22-33(34(37-39-22)24-11-4-2-5-12-24)35(38)25-20-30-28-16-15-23-10-7-8-13-26(23)27(28)17-18-29(30)31(21-25)32-14-6-3-9-19-36-32/h2-14,16-20,25,31,36H,15,21H2,1H3. The van der Waals surface area contributed by atoms with Crippen LogP contribution in [0.5, 0.6) is 0 Å². The first-order valence-electron chi connectivity index (χ1n) is 13.5. The van der Waals surface area contributed by atoms with Crippen molar-refractivity contribution in [2.45, 2.75) is 25.7 Å². The maximum atomic E-state index is 14.3. The van der Waals surface area contributed by atoms with E-state index in [0.717, 1.165) is 22.9 Å². The lowest BCUT2D eigenvalue weighted by molar-refractivity contribution is 0.0943. The zero-order chi connectivity index (χ0) is 26.3. The van der Waals surface area contributed by atoms with Gasteiger partial charge in [-0.05, 0) is 64.6 Å². The number of hydrogen-bond donors (Lipinski definition) is 1. The quantitative estimate of drug-likeness (QED) is 0.345. The van der Waals surface area contributed by atoms with Gasteiger partial charge in [-0.25, -0.2) is 0 Å². The normalized spacial score (nSPS) is 18.8. The summed E-state index contributed by atoms with van der Waals surface area (Å²) in [6.07, 6.45) is 16.2. The number of carbonyl (C=O) groups is 1. The average molecular weight is 509 g/mol. The molecule has 4 nitrogen and oxygen atoms in total. The minimum atomic E-state index is -0.320. The molecule has 0 amide bonds. The molecule has 0 saturated heterocycles. The monoisotopic (exact) mass is 508 g/mol. The molecule has 0 spiro atoms. The van der Waals surface area contributed by atoms with Crippen molar-refractivity contribution in [1.29, 1.82) is 0 Å². The van der Waals surface area contributed by atoms with Crippen LogP contribution in [0.4, 0.5) is 0 Å². The molecule has 0 bridgehead atoms. The van der Waals surface area contributed by atoms with E-state index in [4.69, 9.17) is 4.52 Å². The summed E-state index contributed by atoms with van der Waals surface area (Å²) >= 11 is 0. The van der Waals surface area contributed by atoms with Gasteiger partial charge in [0.1, 0.15) is 11.5 Å². The number of carbonyl (C=O) groups excluding carboxylic acids is 1. The number of aryl methyl sites for hydroxylation is 1. The van der Waals surface area contributed by atoms with E-state index >= 15 is 0 Å². The number of allylic oxidation sites excluding steroid dienone is 5. The van der Waals surface area contributed by atoms with E-state index in [-0.39, 0.29) is 17.6 Å². The van der Waals surface area contributed by atoms with Crippen LogP contribution in [0.3, 0.4) is 0 Å². The molecule has 4 aromatic rings. The summed E-state index contributed by atoms with van der Waals surface area (Å²) in [5, 5.41) is 10.2. The largest absolute Gasteiger partial charge is 0.364 e. The van der Waals surface area contributed by atoms with Crippen molar-refractivity contribution < 1.29 is 9.32 Å². The number of nitrogens with zero attached hydrogens (tertiary/aromatic N) is 1. The highest BCUT2D eigenvalue weighted by Crippen LogP contribution is 2.37. The van der Waals surface area contributed by atoms with Crippen LogP contribution in [0.25, 0.3) is 34.5 Å². The second-order valence-corrected chi connectivity index (χ2v) is 10.4. The summed E-state index contributed by atoms with van der Waals surface area (Å²) in [4.78, 5) is 14.3. The highest BCUT2D eigenvalue weighted by Gasteiger charge is 2.34. The molecule has 1 aromatic heterocycles. The molecule has 190 valence electrons. The summed E-state index contributed by atoms with van der Waals surface area (Å²) in [6.45, 7) is 1.83. The van der Waals surface area contributed by atoms with E-state index in [2.05, 4.69) is 71.2 Å². The van der Waals surface area contributed by atoms with Crippen LogP contribution in [0.15, 0.2) is 107 Å². The Kier molecular flexibility index (Phi) is 5.74. The Morgan fingerprint density at radius 3 is 2.67 bits per heavy atom. The highest BCUT2D eigenvalue weighted by molar-refractivity contribution is 6.06. The second-order valence-electron chi connectivity index (χ2n) is 10.4. The van der Waals surface area contributed by atoms with Crippen LogP contribution in [0.1, 0.15) is 39.6 Å². The van der Waals surface area contributed by atoms with E-state index in [1.807, 2.05) is 55.6 Å². The molecule has 1 N–H and O–H groups in total. The molecular formula is C35H28N2O2. The van der Waals surface area contributed by atoms with Crippen LogP contribution in [0.2, 0.25) is 0 Å². The molecule has 3 aliphatic rings. The summed E-state index contributed by atoms with van der Waals surface area (Å²) in [7, 11) is 0. The Morgan fingerprint density at radius 2 is 1.77 bits per heavy atom. The molecule has 7 rings (SSSR count). The van der Waals surface area contributed by atoms with E-state index in [1.54, 1.807) is 0 Å². The van der Waals surface area contributed by atoms with Gasteiger partial charge in [0.25, 0.3) is 0 Å². The molecule has 4 heteroatoms. The maximum absolute atomic E-state index is 14.3. The number of ketones is 1. The van der Waals surface area contributed by atoms with Gasteiger partial charge >= 0.3 is 0 Å². The molecule has 2 unspecified atom stereocenters. The van der Waals surface area contributed by atoms with Crippen molar-refractivity contribution in [3.05, 3.63) is 136 Å². The van der Waals surface area contributed by atoms with E-state index < -0.39 is 0 Å². The van der Waals surface area contributed by atoms with Gasteiger partial charge < -0.3 is 9.84 Å². The SMILES string of the molecule is Cc1onc(-c2ccccc2)c1C(=O)C1C=c2c(ccc3c2=CCc2ccccc2-3)C(C2=CC=CC=CN2)C1. The Balaban J connectivity index is 1.41. The maximum Gasteiger partial charge on any atom is 0.175 e. The number of aromatic nitrogens is 1. The lowest BCUT2D eigenvalue weighted by Gasteiger charge is -2.30. The number of Topliss-reactive ketones (excluding diaryl/α,β-unsaturated/α-hetero) is 1. The number of rotatable bonds is 4. The first kappa shape index (κ1) is 23.4. The van der Waals surface area contributed by atoms with Crippen LogP contribution in [0, 0.1) is 12.8 Å². The van der Waals surface area contributed by atoms with Crippen LogP contribution < -0.4 is 15.8 Å². The van der Waals surface area contributed by atoms with Crippen LogP contribution in [-0.4, -0.2) is 10.9 Å². The minimum Gasteiger partial charge on any atom is -0.364 e. The van der Waals surface area contributed by atoms with Gasteiger partial charge in [0, 0.05) is 29.3 Å². The van der Waals surface area contributed by atoms with Crippen molar-refractivity contribution in [2.75, 3.05) is 0 Å². The Labute approximate surface area is 227 Å². The van der Waals surface area contributed by atoms with Crippen molar-refractivity contribution in [2.24, 2.45) is 5.92 Å². The van der Waals surface area contributed by atoms with Gasteiger partial charge in [-0.1, -0.05) is 96.2 Å². The van der Waals surface area contributed by atoms with Gasteiger partial charge in [-0.15, -0.1) is 0 Å². The number of benzene rings is 3. The first-order valence-corrected chi connectivity index (χ1v) is 13.5. The predicted octanol–water partition coefficient (Wildman–Crippen LogP) is 5.98. The molecule has 2 heterocycles. The lowest BCUT2D eigenvalue weighted by atomic mass is 9.75. The Hall–Kier alpha value is -4.70. The minimum absolute atomic E-state index is 0.0440. The van der Waals surface area contributed by atoms with Gasteiger partial charge in [0.2, 0.25) is 0 Å². The average Bonchev–Trinajstić information content (AvgIpc) is 3.17. The molecule has 2 aliphatic carbocycles. The van der Waals surface area contributed by atoms with Gasteiger partial charge in [-0.2, -0.15) is 0 Å². The fourth-order valence-electron chi connectivity index (χ4n) is 6.23. The van der Waals surface area contributed by atoms with E-state index in [1.165, 1.54) is 27.5 Å². The smallest absolute Gasteiger partial charge is 0.175 e. The van der Waals surface area contributed by atoms with Crippen molar-refractivity contribution in [1.82, 2.24) is 10.5 Å². The molecule has 1 aliphatic heterocycles. The molecule has 0 fully saturated rings. The van der Waals surface area contributed by atoms with Crippen molar-refractivity contribution in [3.8, 4) is 22.4 Å². The summed E-state index contributed by atoms with van der Waals surface area (Å²) in [5.74, 6) is 0.335. The fourth-order valence-corrected chi connectivity index (χ4v) is 6.23. The number of fused-ring (bicyclic) bond motifs is 5. The van der Waals surface area contributed by atoms with Crippen LogP contribution >= 0.6 is 0 Å². The van der Waals surface area contributed by atoms with E-state index in [9.17, 15) is 4.79 Å². The molecule has 0 saturated carbocycles. The molecule has 2 atom stereocenters. The topological polar surface area (TPSA) is 55.1 Å². The van der Waals surface area contributed by atoms with Crippen LogP contribution in [-0.2, 0) is 6.42 Å². The molecule has 3 aromatic carbocycles. The fraction of sp³-hybridized carbons (Fsp3) is 0.143. The Morgan fingerprint density at radius 1 is 0.923 bits per heavy atom. The van der Waals surface area contributed by atoms with Crippen molar-refractivity contribution in [3.63, 3.8) is 0 Å². The highest BCUT2D eigenvalue weighted by atomic mass is 16.5. The predicted molar refractivity (Wildman–Crippen MR) is 155 cm³/mol. The van der Waals surface area contributed by atoms with E-state index in [0.29, 0.717) is 23.4 Å². The Bertz CT molecular complexity index is 1820. The zero-order valence-corrected chi connectivity index (χ0v) is 21.7.